The largest absolute Gasteiger partial charge is 0.395 e. The summed E-state index contributed by atoms with van der Waals surface area (Å²) in [5.41, 5.74) is -1.08. The average molecular weight is 650 g/mol. The van der Waals surface area contributed by atoms with Gasteiger partial charge in [-0.05, 0) is 111 Å². The lowest BCUT2D eigenvalue weighted by Crippen LogP contribution is -2.60. The highest BCUT2D eigenvalue weighted by Gasteiger charge is 2.84. The second-order valence-corrected chi connectivity index (χ2v) is 18.6. The van der Waals surface area contributed by atoms with Gasteiger partial charge in [-0.1, -0.05) is 34.6 Å². The first-order valence-electron chi connectivity index (χ1n) is 18.5. The second kappa shape index (κ2) is 11.1. The number of ether oxygens (including phenoxy) is 3. The number of morpholine rings is 1. The van der Waals surface area contributed by atoms with E-state index in [4.69, 9.17) is 14.2 Å². The standard InChI is InChI=1S/C37H63NO8/c1-21-16-23(30(41)33(4,5)43)45-29-28(21)34(6)12-13-37-20-36(37)11-10-26(46-27-17-38(14-15-44-27)22(18-39)19-40)32(2,3)24(36)8-9-25(37)35(34,7)31(29)42/h21-31,39-43H,8-20H2,1-7H3. The molecule has 0 amide bonds. The van der Waals surface area contributed by atoms with Gasteiger partial charge in [-0.15, -0.1) is 0 Å². The van der Waals surface area contributed by atoms with Gasteiger partial charge in [-0.3, -0.25) is 4.90 Å². The second-order valence-electron chi connectivity index (χ2n) is 18.6. The van der Waals surface area contributed by atoms with Crippen molar-refractivity contribution in [3.8, 4) is 0 Å². The highest BCUT2D eigenvalue weighted by atomic mass is 16.7. The van der Waals surface area contributed by atoms with Gasteiger partial charge in [-0.2, -0.15) is 0 Å². The van der Waals surface area contributed by atoms with Crippen LogP contribution in [-0.2, 0) is 14.2 Å². The van der Waals surface area contributed by atoms with Crippen molar-refractivity contribution in [1.82, 2.24) is 4.90 Å². The highest BCUT2D eigenvalue weighted by Crippen LogP contribution is 2.89. The van der Waals surface area contributed by atoms with Gasteiger partial charge in [0.1, 0.15) is 6.10 Å². The van der Waals surface area contributed by atoms with E-state index >= 15 is 0 Å². The summed E-state index contributed by atoms with van der Waals surface area (Å²) in [6.45, 7) is 16.9. The summed E-state index contributed by atoms with van der Waals surface area (Å²) in [4.78, 5) is 2.09. The van der Waals surface area contributed by atoms with E-state index in [2.05, 4.69) is 39.5 Å². The molecule has 14 unspecified atom stereocenters. The summed E-state index contributed by atoms with van der Waals surface area (Å²) in [5, 5.41) is 53.5. The smallest absolute Gasteiger partial charge is 0.170 e. The Morgan fingerprint density at radius 1 is 0.978 bits per heavy atom. The van der Waals surface area contributed by atoms with Gasteiger partial charge in [0.15, 0.2) is 6.29 Å². The highest BCUT2D eigenvalue weighted by molar-refractivity contribution is 5.33. The van der Waals surface area contributed by atoms with Crippen LogP contribution in [0.25, 0.3) is 0 Å². The maximum atomic E-state index is 12.4. The van der Waals surface area contributed by atoms with Crippen molar-refractivity contribution in [3.63, 3.8) is 0 Å². The maximum absolute atomic E-state index is 12.4. The SMILES string of the molecule is CC1CC(C(O)C(C)(C)O)OC2C1C1(C)CCC34CC35CCC(OC3CN(C(CO)CO)CCO3)C(C)(C)C5CCC4C1(C)C2O. The summed E-state index contributed by atoms with van der Waals surface area (Å²) < 4.78 is 19.5. The molecule has 2 spiro atoms. The normalized spacial score (nSPS) is 52.2. The fourth-order valence-electron chi connectivity index (χ4n) is 13.7. The van der Waals surface area contributed by atoms with E-state index in [0.717, 1.165) is 32.1 Å². The minimum Gasteiger partial charge on any atom is -0.395 e. The Morgan fingerprint density at radius 3 is 2.33 bits per heavy atom. The molecule has 5 saturated carbocycles. The molecule has 2 saturated heterocycles. The number of rotatable bonds is 7. The predicted molar refractivity (Wildman–Crippen MR) is 173 cm³/mol. The molecule has 5 aliphatic carbocycles. The van der Waals surface area contributed by atoms with Crippen LogP contribution in [0.1, 0.15) is 99.8 Å². The Hall–Kier alpha value is -0.360. The monoisotopic (exact) mass is 649 g/mol. The molecule has 46 heavy (non-hydrogen) atoms. The first kappa shape index (κ1) is 34.1. The molecule has 9 nitrogen and oxygen atoms in total. The first-order valence-corrected chi connectivity index (χ1v) is 18.5. The molecular formula is C37H63NO8. The number of nitrogens with zero attached hydrogens (tertiary/aromatic N) is 1. The van der Waals surface area contributed by atoms with Crippen molar-refractivity contribution in [2.24, 2.45) is 50.7 Å². The maximum Gasteiger partial charge on any atom is 0.170 e. The van der Waals surface area contributed by atoms with Gasteiger partial charge in [0.05, 0.1) is 62.4 Å². The molecular weight excluding hydrogens is 586 g/mol. The van der Waals surface area contributed by atoms with Crippen LogP contribution in [0.3, 0.4) is 0 Å². The third kappa shape index (κ3) is 4.44. The summed E-state index contributed by atoms with van der Waals surface area (Å²) >= 11 is 0. The lowest BCUT2D eigenvalue weighted by molar-refractivity contribution is -0.252. The van der Waals surface area contributed by atoms with Crippen LogP contribution in [0, 0.1) is 50.7 Å². The Balaban J connectivity index is 1.11. The predicted octanol–water partition coefficient (Wildman–Crippen LogP) is 3.33. The fraction of sp³-hybridized carbons (Fsp3) is 1.00. The lowest BCUT2D eigenvalue weighted by atomic mass is 9.41. The minimum absolute atomic E-state index is 0.0201. The lowest BCUT2D eigenvalue weighted by Gasteiger charge is -2.64. The van der Waals surface area contributed by atoms with Crippen molar-refractivity contribution in [1.29, 1.82) is 0 Å². The topological polar surface area (TPSA) is 132 Å². The first-order chi connectivity index (χ1) is 21.5. The molecule has 2 heterocycles. The van der Waals surface area contributed by atoms with Crippen LogP contribution in [-0.4, -0.2) is 112 Å². The molecule has 7 rings (SSSR count). The van der Waals surface area contributed by atoms with Gasteiger partial charge in [-0.25, -0.2) is 0 Å². The molecule has 5 N–H and O–H groups in total. The van der Waals surface area contributed by atoms with Crippen LogP contribution in [0.5, 0.6) is 0 Å². The number of hydrogen-bond acceptors (Lipinski definition) is 9. The van der Waals surface area contributed by atoms with Crippen molar-refractivity contribution >= 4 is 0 Å². The summed E-state index contributed by atoms with van der Waals surface area (Å²) in [5.74, 6) is 1.50. The van der Waals surface area contributed by atoms with Crippen LogP contribution in [0.15, 0.2) is 0 Å². The van der Waals surface area contributed by atoms with E-state index in [1.807, 2.05) is 0 Å². The molecule has 0 radical (unpaired) electrons. The molecule has 0 aromatic carbocycles. The average Bonchev–Trinajstić information content (AvgIpc) is 3.63. The number of hydrogen-bond donors (Lipinski definition) is 5. The Labute approximate surface area is 276 Å². The van der Waals surface area contributed by atoms with Crippen molar-refractivity contribution in [2.45, 2.75) is 148 Å². The zero-order valence-corrected chi connectivity index (χ0v) is 29.5. The molecule has 2 aliphatic heterocycles. The number of aliphatic hydroxyl groups excluding tert-OH is 4. The summed E-state index contributed by atoms with van der Waals surface area (Å²) in [6.07, 6.45) is 5.99. The van der Waals surface area contributed by atoms with Crippen molar-refractivity contribution in [3.05, 3.63) is 0 Å². The quantitative estimate of drug-likeness (QED) is 0.282. The molecule has 14 atom stereocenters. The summed E-state index contributed by atoms with van der Waals surface area (Å²) in [7, 11) is 0. The number of aliphatic hydroxyl groups is 5. The van der Waals surface area contributed by atoms with E-state index in [0.29, 0.717) is 38.0 Å². The fourth-order valence-corrected chi connectivity index (χ4v) is 13.7. The molecule has 0 bridgehead atoms. The van der Waals surface area contributed by atoms with E-state index in [-0.39, 0.29) is 76.7 Å². The molecule has 0 aromatic heterocycles. The molecule has 9 heteroatoms. The zero-order valence-electron chi connectivity index (χ0n) is 29.5. The van der Waals surface area contributed by atoms with Crippen LogP contribution < -0.4 is 0 Å². The molecule has 7 fully saturated rings. The van der Waals surface area contributed by atoms with E-state index < -0.39 is 23.9 Å². The van der Waals surface area contributed by atoms with Gasteiger partial charge in [0.25, 0.3) is 0 Å². The molecule has 7 aliphatic rings. The van der Waals surface area contributed by atoms with Gasteiger partial charge >= 0.3 is 0 Å². The minimum atomic E-state index is -1.26. The van der Waals surface area contributed by atoms with Crippen LogP contribution in [0.2, 0.25) is 0 Å². The number of fused-ring (bicyclic) bond motifs is 4. The Bertz CT molecular complexity index is 1160. The zero-order chi connectivity index (χ0) is 33.2. The van der Waals surface area contributed by atoms with Crippen LogP contribution >= 0.6 is 0 Å². The van der Waals surface area contributed by atoms with Crippen LogP contribution in [0.4, 0.5) is 0 Å². The van der Waals surface area contributed by atoms with E-state index in [9.17, 15) is 25.5 Å². The van der Waals surface area contributed by atoms with Gasteiger partial charge < -0.3 is 39.7 Å². The third-order valence-electron chi connectivity index (χ3n) is 16.2. The van der Waals surface area contributed by atoms with Crippen molar-refractivity contribution in [2.75, 3.05) is 32.9 Å². The van der Waals surface area contributed by atoms with E-state index in [1.54, 1.807) is 13.8 Å². The third-order valence-corrected chi connectivity index (χ3v) is 16.2. The van der Waals surface area contributed by atoms with Crippen molar-refractivity contribution < 1.29 is 39.7 Å². The van der Waals surface area contributed by atoms with Gasteiger partial charge in [0, 0.05) is 12.0 Å². The Kier molecular flexibility index (Phi) is 8.21. The Morgan fingerprint density at radius 2 is 1.65 bits per heavy atom. The van der Waals surface area contributed by atoms with E-state index in [1.165, 1.54) is 12.8 Å². The molecule has 0 aromatic rings. The molecule has 264 valence electrons. The van der Waals surface area contributed by atoms with Gasteiger partial charge in [0.2, 0.25) is 0 Å². The summed E-state index contributed by atoms with van der Waals surface area (Å²) in [6, 6.07) is -0.279.